The summed E-state index contributed by atoms with van der Waals surface area (Å²) in [6, 6.07) is 6.36. The van der Waals surface area contributed by atoms with E-state index in [-0.39, 0.29) is 10.7 Å². The monoisotopic (exact) mass is 307 g/mol. The Morgan fingerprint density at radius 2 is 2.05 bits per heavy atom. The average Bonchev–Trinajstić information content (AvgIpc) is 2.89. The first-order valence-corrected chi connectivity index (χ1v) is 6.31. The van der Waals surface area contributed by atoms with Gasteiger partial charge in [-0.3, -0.25) is 4.79 Å². The van der Waals surface area contributed by atoms with Crippen LogP contribution in [0.2, 0.25) is 5.02 Å². The maximum absolute atomic E-state index is 13.6. The molecular weight excluding hydrogens is 300 g/mol. The van der Waals surface area contributed by atoms with Crippen molar-refractivity contribution in [1.82, 2.24) is 9.97 Å². The maximum Gasteiger partial charge on any atom is 0.255 e. The van der Waals surface area contributed by atoms with E-state index in [0.717, 1.165) is 6.07 Å². The van der Waals surface area contributed by atoms with Crippen LogP contribution in [0.15, 0.2) is 36.7 Å². The van der Waals surface area contributed by atoms with E-state index in [1.165, 1.54) is 6.33 Å². The number of rotatable bonds is 2. The smallest absolute Gasteiger partial charge is 0.255 e. The number of anilines is 1. The molecule has 3 aromatic rings. The number of aromatic nitrogens is 2. The number of carbonyl (C=O) groups is 1. The number of carbonyl (C=O) groups excluding carboxylic acids is 1. The molecule has 7 heteroatoms. The predicted molar refractivity (Wildman–Crippen MR) is 75.4 cm³/mol. The normalized spacial score (nSPS) is 10.8. The Morgan fingerprint density at radius 3 is 2.81 bits per heavy atom. The minimum absolute atomic E-state index is 0.205. The molecule has 0 fully saturated rings. The van der Waals surface area contributed by atoms with Gasteiger partial charge in [0.15, 0.2) is 5.82 Å². The van der Waals surface area contributed by atoms with Gasteiger partial charge in [0.05, 0.1) is 28.1 Å². The summed E-state index contributed by atoms with van der Waals surface area (Å²) < 4.78 is 26.6. The molecule has 106 valence electrons. The first-order valence-electron chi connectivity index (χ1n) is 5.93. The van der Waals surface area contributed by atoms with E-state index in [0.29, 0.717) is 22.7 Å². The molecule has 1 amide bonds. The average molecular weight is 308 g/mol. The number of H-pyrrole nitrogens is 1. The first kappa shape index (κ1) is 13.5. The fourth-order valence-corrected chi connectivity index (χ4v) is 2.17. The van der Waals surface area contributed by atoms with Crippen molar-refractivity contribution in [3.05, 3.63) is 58.9 Å². The van der Waals surface area contributed by atoms with Crippen molar-refractivity contribution >= 4 is 34.2 Å². The number of halogens is 3. The molecule has 2 aromatic carbocycles. The Balaban J connectivity index is 1.92. The molecule has 0 saturated carbocycles. The summed E-state index contributed by atoms with van der Waals surface area (Å²) in [6.45, 7) is 0. The van der Waals surface area contributed by atoms with E-state index in [1.807, 2.05) is 0 Å². The molecule has 0 atom stereocenters. The Kier molecular flexibility index (Phi) is 3.31. The van der Waals surface area contributed by atoms with Gasteiger partial charge < -0.3 is 10.3 Å². The lowest BCUT2D eigenvalue weighted by Gasteiger charge is -2.08. The van der Waals surface area contributed by atoms with Gasteiger partial charge >= 0.3 is 0 Å². The van der Waals surface area contributed by atoms with Crippen LogP contribution in [0.5, 0.6) is 0 Å². The Morgan fingerprint density at radius 1 is 1.24 bits per heavy atom. The number of benzene rings is 2. The lowest BCUT2D eigenvalue weighted by molar-refractivity contribution is 0.102. The van der Waals surface area contributed by atoms with Crippen LogP contribution < -0.4 is 5.32 Å². The molecule has 3 rings (SSSR count). The second kappa shape index (κ2) is 5.14. The number of nitrogens with zero attached hydrogens (tertiary/aromatic N) is 1. The Labute approximate surface area is 122 Å². The minimum atomic E-state index is -0.934. The number of aromatic amines is 1. The summed E-state index contributed by atoms with van der Waals surface area (Å²) in [5, 5.41) is 2.13. The van der Waals surface area contributed by atoms with E-state index >= 15 is 0 Å². The summed E-state index contributed by atoms with van der Waals surface area (Å²) in [5.74, 6) is -2.30. The van der Waals surface area contributed by atoms with E-state index in [1.54, 1.807) is 18.2 Å². The lowest BCUT2D eigenvalue weighted by Crippen LogP contribution is -2.13. The highest BCUT2D eigenvalue weighted by Gasteiger charge is 2.14. The van der Waals surface area contributed by atoms with Crippen LogP contribution in [-0.4, -0.2) is 15.9 Å². The molecular formula is C14H8ClF2N3O. The molecule has 0 unspecified atom stereocenters. The largest absolute Gasteiger partial charge is 0.345 e. The molecule has 1 heterocycles. The van der Waals surface area contributed by atoms with Crippen LogP contribution in [0.1, 0.15) is 10.4 Å². The predicted octanol–water partition coefficient (Wildman–Crippen LogP) is 3.75. The van der Waals surface area contributed by atoms with Crippen molar-refractivity contribution in [3.8, 4) is 0 Å². The summed E-state index contributed by atoms with van der Waals surface area (Å²) in [6.07, 6.45) is 1.50. The van der Waals surface area contributed by atoms with Crippen molar-refractivity contribution < 1.29 is 13.6 Å². The summed E-state index contributed by atoms with van der Waals surface area (Å²) in [7, 11) is 0. The second-order valence-corrected chi connectivity index (χ2v) is 4.74. The van der Waals surface area contributed by atoms with E-state index in [4.69, 9.17) is 11.6 Å². The molecule has 0 radical (unpaired) electrons. The zero-order chi connectivity index (χ0) is 15.0. The number of hydrogen-bond donors (Lipinski definition) is 2. The van der Waals surface area contributed by atoms with Crippen molar-refractivity contribution in [2.75, 3.05) is 5.32 Å². The number of hydrogen-bond acceptors (Lipinski definition) is 2. The number of amides is 1. The molecule has 0 aliphatic rings. The topological polar surface area (TPSA) is 57.8 Å². The molecule has 2 N–H and O–H groups in total. The fraction of sp³-hybridized carbons (Fsp3) is 0. The van der Waals surface area contributed by atoms with Gasteiger partial charge in [-0.2, -0.15) is 0 Å². The zero-order valence-electron chi connectivity index (χ0n) is 10.5. The molecule has 4 nitrogen and oxygen atoms in total. The third-order valence-electron chi connectivity index (χ3n) is 2.93. The van der Waals surface area contributed by atoms with Gasteiger partial charge in [0.1, 0.15) is 5.82 Å². The fourth-order valence-electron chi connectivity index (χ4n) is 1.92. The van der Waals surface area contributed by atoms with Crippen LogP contribution in [-0.2, 0) is 0 Å². The summed E-state index contributed by atoms with van der Waals surface area (Å²) in [4.78, 5) is 19.0. The van der Waals surface area contributed by atoms with Gasteiger partial charge in [-0.15, -0.1) is 0 Å². The van der Waals surface area contributed by atoms with Crippen LogP contribution in [0.3, 0.4) is 0 Å². The standard InChI is InChI=1S/C14H8ClF2N3O/c15-9-4-8(16)5-10(17)13(9)20-14(21)7-1-2-11-12(3-7)19-6-18-11/h1-6H,(H,18,19)(H,20,21). The SMILES string of the molecule is O=C(Nc1c(F)cc(F)cc1Cl)c1ccc2nc[nH]c2c1. The van der Waals surface area contributed by atoms with E-state index in [9.17, 15) is 13.6 Å². The van der Waals surface area contributed by atoms with Crippen LogP contribution in [0, 0.1) is 11.6 Å². The van der Waals surface area contributed by atoms with Crippen LogP contribution in [0.4, 0.5) is 14.5 Å². The van der Waals surface area contributed by atoms with E-state index in [2.05, 4.69) is 15.3 Å². The molecule has 0 bridgehead atoms. The summed E-state index contributed by atoms with van der Waals surface area (Å²) in [5.41, 5.74) is 1.42. The first-order chi connectivity index (χ1) is 10.0. The van der Waals surface area contributed by atoms with Crippen molar-refractivity contribution in [3.63, 3.8) is 0 Å². The number of nitrogens with one attached hydrogen (secondary N) is 2. The van der Waals surface area contributed by atoms with Crippen molar-refractivity contribution in [2.45, 2.75) is 0 Å². The molecule has 0 aliphatic carbocycles. The van der Waals surface area contributed by atoms with Crippen LogP contribution in [0.25, 0.3) is 11.0 Å². The molecule has 1 aromatic heterocycles. The maximum atomic E-state index is 13.6. The third-order valence-corrected chi connectivity index (χ3v) is 3.23. The Bertz CT molecular complexity index is 824. The van der Waals surface area contributed by atoms with Crippen molar-refractivity contribution in [1.29, 1.82) is 0 Å². The molecule has 0 saturated heterocycles. The van der Waals surface area contributed by atoms with Gasteiger partial charge in [-0.1, -0.05) is 11.6 Å². The highest BCUT2D eigenvalue weighted by atomic mass is 35.5. The van der Waals surface area contributed by atoms with Crippen LogP contribution >= 0.6 is 11.6 Å². The Hall–Kier alpha value is -2.47. The van der Waals surface area contributed by atoms with Gasteiger partial charge in [0.25, 0.3) is 5.91 Å². The highest BCUT2D eigenvalue weighted by Crippen LogP contribution is 2.27. The molecule has 0 spiro atoms. The quantitative estimate of drug-likeness (QED) is 0.757. The van der Waals surface area contributed by atoms with E-state index < -0.39 is 17.5 Å². The number of imidazole rings is 1. The van der Waals surface area contributed by atoms with Gasteiger partial charge in [-0.25, -0.2) is 13.8 Å². The molecule has 0 aliphatic heterocycles. The highest BCUT2D eigenvalue weighted by molar-refractivity contribution is 6.34. The number of fused-ring (bicyclic) bond motifs is 1. The third kappa shape index (κ3) is 2.57. The second-order valence-electron chi connectivity index (χ2n) is 4.33. The molecule has 21 heavy (non-hydrogen) atoms. The minimum Gasteiger partial charge on any atom is -0.345 e. The zero-order valence-corrected chi connectivity index (χ0v) is 11.2. The summed E-state index contributed by atoms with van der Waals surface area (Å²) >= 11 is 5.73. The van der Waals surface area contributed by atoms with Gasteiger partial charge in [0, 0.05) is 11.6 Å². The van der Waals surface area contributed by atoms with Crippen molar-refractivity contribution in [2.24, 2.45) is 0 Å². The van der Waals surface area contributed by atoms with Gasteiger partial charge in [-0.05, 0) is 24.3 Å². The van der Waals surface area contributed by atoms with Gasteiger partial charge in [0.2, 0.25) is 0 Å². The lowest BCUT2D eigenvalue weighted by atomic mass is 10.2.